The van der Waals surface area contributed by atoms with Gasteiger partial charge in [0.05, 0.1) is 25.9 Å². The van der Waals surface area contributed by atoms with E-state index in [0.717, 1.165) is 50.3 Å². The average Bonchev–Trinajstić information content (AvgIpc) is 3.14. The van der Waals surface area contributed by atoms with Gasteiger partial charge in [-0.3, -0.25) is 0 Å². The van der Waals surface area contributed by atoms with Crippen molar-refractivity contribution in [3.63, 3.8) is 0 Å². The fraction of sp³-hybridized carbons (Fsp3) is 0.611. The topological polar surface area (TPSA) is 60.0 Å². The summed E-state index contributed by atoms with van der Waals surface area (Å²) in [7, 11) is 1.38. The maximum Gasteiger partial charge on any atom is 0.338 e. The molecular formula is C18H24N2O4. The van der Waals surface area contributed by atoms with Crippen LogP contribution < -0.4 is 10.2 Å². The number of piperidine rings is 1. The lowest BCUT2D eigenvalue weighted by atomic mass is 9.73. The largest absolute Gasteiger partial charge is 0.465 e. The SMILES string of the molecule is [2H]N1CC2(CCN(c3ccc(C(=O)OC)c(C4OCCO4)c3)CC2)C1. The van der Waals surface area contributed by atoms with Gasteiger partial charge in [-0.05, 0) is 36.5 Å². The highest BCUT2D eigenvalue weighted by Crippen LogP contribution is 2.37. The number of rotatable bonds is 3. The van der Waals surface area contributed by atoms with Crippen LogP contribution in [0.5, 0.6) is 0 Å². The minimum Gasteiger partial charge on any atom is -0.465 e. The monoisotopic (exact) mass is 333 g/mol. The predicted octanol–water partition coefficient (Wildman–Crippen LogP) is 1.71. The number of carbonyl (C=O) groups is 1. The average molecular weight is 333 g/mol. The third-order valence-corrected chi connectivity index (χ3v) is 5.40. The van der Waals surface area contributed by atoms with Crippen molar-refractivity contribution in [1.29, 1.82) is 0 Å². The number of nitrogens with zero attached hydrogens (tertiary/aromatic N) is 1. The van der Waals surface area contributed by atoms with E-state index in [9.17, 15) is 4.79 Å². The molecule has 3 fully saturated rings. The van der Waals surface area contributed by atoms with Gasteiger partial charge in [0.25, 0.3) is 0 Å². The fourth-order valence-electron chi connectivity index (χ4n) is 3.76. The molecule has 3 heterocycles. The smallest absolute Gasteiger partial charge is 0.338 e. The third kappa shape index (κ3) is 2.79. The first-order valence-electron chi connectivity index (χ1n) is 8.99. The Morgan fingerprint density at radius 2 is 2.04 bits per heavy atom. The van der Waals surface area contributed by atoms with Crippen LogP contribution in [0, 0.1) is 5.41 Å². The number of esters is 1. The van der Waals surface area contributed by atoms with Gasteiger partial charge in [-0.25, -0.2) is 4.79 Å². The Morgan fingerprint density at radius 3 is 2.67 bits per heavy atom. The van der Waals surface area contributed by atoms with Gasteiger partial charge in [-0.2, -0.15) is 0 Å². The van der Waals surface area contributed by atoms with Crippen molar-refractivity contribution < 1.29 is 20.4 Å². The molecular weight excluding hydrogens is 308 g/mol. The molecule has 6 nitrogen and oxygen atoms in total. The highest BCUT2D eigenvalue weighted by molar-refractivity contribution is 5.91. The van der Waals surface area contributed by atoms with E-state index in [1.165, 1.54) is 7.11 Å². The zero-order chi connectivity index (χ0) is 17.4. The lowest BCUT2D eigenvalue weighted by Crippen LogP contribution is -2.58. The molecule has 130 valence electrons. The molecule has 0 aromatic heterocycles. The summed E-state index contributed by atoms with van der Waals surface area (Å²) in [5.41, 5.74) is 2.65. The van der Waals surface area contributed by atoms with Gasteiger partial charge in [0.1, 0.15) is 1.41 Å². The molecule has 0 atom stereocenters. The molecule has 1 spiro atoms. The van der Waals surface area contributed by atoms with E-state index >= 15 is 0 Å². The Hall–Kier alpha value is -1.63. The van der Waals surface area contributed by atoms with Crippen molar-refractivity contribution in [2.24, 2.45) is 5.41 Å². The summed E-state index contributed by atoms with van der Waals surface area (Å²) in [6.07, 6.45) is 1.70. The highest BCUT2D eigenvalue weighted by Gasteiger charge is 2.39. The fourth-order valence-corrected chi connectivity index (χ4v) is 3.76. The first kappa shape index (κ1) is 14.7. The Balaban J connectivity index is 1.54. The normalized spacial score (nSPS) is 24.7. The molecule has 4 rings (SSSR count). The van der Waals surface area contributed by atoms with Gasteiger partial charge in [-0.1, -0.05) is 0 Å². The molecule has 0 saturated carbocycles. The summed E-state index contributed by atoms with van der Waals surface area (Å²) in [5, 5.41) is 1.65. The lowest BCUT2D eigenvalue weighted by Gasteiger charge is -2.49. The summed E-state index contributed by atoms with van der Waals surface area (Å²) < 4.78 is 23.8. The minimum absolute atomic E-state index is 0.338. The Labute approximate surface area is 143 Å². The van der Waals surface area contributed by atoms with E-state index in [2.05, 4.69) is 4.90 Å². The molecule has 0 bridgehead atoms. The molecule has 24 heavy (non-hydrogen) atoms. The van der Waals surface area contributed by atoms with Crippen LogP contribution in [-0.4, -0.2) is 52.5 Å². The summed E-state index contributed by atoms with van der Waals surface area (Å²) in [6, 6.07) is 5.78. The summed E-state index contributed by atoms with van der Waals surface area (Å²) in [6.45, 7) is 4.78. The number of benzene rings is 1. The van der Waals surface area contributed by atoms with Crippen LogP contribution in [0.3, 0.4) is 0 Å². The van der Waals surface area contributed by atoms with Crippen molar-refractivity contribution in [3.8, 4) is 0 Å². The standard InChI is InChI=1S/C18H24N2O4/c1-22-16(21)14-3-2-13(10-15(14)17-23-8-9-24-17)20-6-4-18(5-7-20)11-19-12-18/h2-3,10,17,19H,4-9,11-12H2,1H3/i/hD. The number of ether oxygens (including phenoxy) is 3. The second-order valence-corrected chi connectivity index (χ2v) is 6.86. The number of hydrogen-bond acceptors (Lipinski definition) is 6. The molecule has 0 radical (unpaired) electrons. The second kappa shape index (κ2) is 6.35. The summed E-state index contributed by atoms with van der Waals surface area (Å²) >= 11 is 0. The highest BCUT2D eigenvalue weighted by atomic mass is 16.7. The number of carbonyl (C=O) groups excluding carboxylic acids is 1. The summed E-state index contributed by atoms with van der Waals surface area (Å²) in [4.78, 5) is 14.4. The van der Waals surface area contributed by atoms with Gasteiger partial charge in [0.2, 0.25) is 0 Å². The van der Waals surface area contributed by atoms with Crippen LogP contribution in [0.15, 0.2) is 18.2 Å². The first-order chi connectivity index (χ1) is 12.1. The molecule has 1 N–H and O–H groups in total. The zero-order valence-electron chi connectivity index (χ0n) is 15.0. The van der Waals surface area contributed by atoms with E-state index in [1.807, 2.05) is 12.1 Å². The lowest BCUT2D eigenvalue weighted by molar-refractivity contribution is -0.0448. The molecule has 0 unspecified atom stereocenters. The van der Waals surface area contributed by atoms with Gasteiger partial charge in [0, 0.05) is 37.4 Å². The van der Waals surface area contributed by atoms with Crippen molar-refractivity contribution in [2.75, 3.05) is 51.4 Å². The molecule has 3 saturated heterocycles. The Bertz CT molecular complexity index is 646. The third-order valence-electron chi connectivity index (χ3n) is 5.40. The maximum absolute atomic E-state index is 12.1. The van der Waals surface area contributed by atoms with Crippen LogP contribution in [0.2, 0.25) is 1.41 Å². The molecule has 3 aliphatic heterocycles. The first-order valence-corrected chi connectivity index (χ1v) is 8.54. The zero-order valence-corrected chi connectivity index (χ0v) is 14.0. The van der Waals surface area contributed by atoms with Crippen LogP contribution in [0.1, 0.15) is 35.1 Å². The van der Waals surface area contributed by atoms with Gasteiger partial charge in [-0.15, -0.1) is 0 Å². The van der Waals surface area contributed by atoms with Crippen molar-refractivity contribution >= 4 is 11.7 Å². The molecule has 3 aliphatic rings. The van der Waals surface area contributed by atoms with Crippen molar-refractivity contribution in [3.05, 3.63) is 29.3 Å². The predicted molar refractivity (Wildman–Crippen MR) is 89.2 cm³/mol. The van der Waals surface area contributed by atoms with E-state index in [1.54, 1.807) is 11.4 Å². The second-order valence-electron chi connectivity index (χ2n) is 6.86. The van der Waals surface area contributed by atoms with Gasteiger partial charge < -0.3 is 24.4 Å². The Morgan fingerprint density at radius 1 is 1.33 bits per heavy atom. The van der Waals surface area contributed by atoms with Crippen molar-refractivity contribution in [1.82, 2.24) is 5.31 Å². The van der Waals surface area contributed by atoms with E-state index < -0.39 is 6.29 Å². The van der Waals surface area contributed by atoms with E-state index in [0.29, 0.717) is 24.2 Å². The number of anilines is 1. The number of methoxy groups -OCH3 is 1. The minimum atomic E-state index is -0.506. The van der Waals surface area contributed by atoms with Crippen LogP contribution >= 0.6 is 0 Å². The maximum atomic E-state index is 12.1. The van der Waals surface area contributed by atoms with E-state index in [-0.39, 0.29) is 5.97 Å². The summed E-state index contributed by atoms with van der Waals surface area (Å²) in [5.74, 6) is -0.372. The van der Waals surface area contributed by atoms with Gasteiger partial charge in [0.15, 0.2) is 6.29 Å². The van der Waals surface area contributed by atoms with Crippen molar-refractivity contribution in [2.45, 2.75) is 19.1 Å². The van der Waals surface area contributed by atoms with E-state index in [4.69, 9.17) is 15.6 Å². The quantitative estimate of drug-likeness (QED) is 0.850. The molecule has 1 aromatic rings. The number of hydrogen-bond donors (Lipinski definition) is 1. The molecule has 6 heteroatoms. The van der Waals surface area contributed by atoms with Crippen LogP contribution in [-0.2, 0) is 14.2 Å². The number of nitrogens with one attached hydrogen (secondary N) is 1. The molecule has 0 amide bonds. The Kier molecular flexibility index (Phi) is 3.89. The van der Waals surface area contributed by atoms with Crippen LogP contribution in [0.4, 0.5) is 5.69 Å². The van der Waals surface area contributed by atoms with Crippen LogP contribution in [0.25, 0.3) is 0 Å². The van der Waals surface area contributed by atoms with Gasteiger partial charge >= 0.3 is 5.97 Å². The molecule has 0 aliphatic carbocycles. The molecule has 1 aromatic carbocycles.